The molecule has 0 saturated heterocycles. The largest absolute Gasteiger partial charge is 0.493 e. The van der Waals surface area contributed by atoms with Gasteiger partial charge in [0.1, 0.15) is 4.83 Å². The summed E-state index contributed by atoms with van der Waals surface area (Å²) in [5.41, 5.74) is -0.452. The van der Waals surface area contributed by atoms with E-state index in [9.17, 15) is 22.0 Å². The summed E-state index contributed by atoms with van der Waals surface area (Å²) in [6, 6.07) is 2.08. The van der Waals surface area contributed by atoms with Gasteiger partial charge < -0.3 is 9.47 Å². The van der Waals surface area contributed by atoms with Crippen molar-refractivity contribution < 1.29 is 31.4 Å². The summed E-state index contributed by atoms with van der Waals surface area (Å²) < 4.78 is 73.4. The molecular formula is C11H9BrClF5O2. The van der Waals surface area contributed by atoms with Gasteiger partial charge in [-0.05, 0) is 11.6 Å². The first-order valence-electron chi connectivity index (χ1n) is 5.06. The Morgan fingerprint density at radius 2 is 1.50 bits per heavy atom. The molecule has 1 rings (SSSR count). The van der Waals surface area contributed by atoms with Crippen molar-refractivity contribution in [3.63, 3.8) is 0 Å². The Labute approximate surface area is 124 Å². The van der Waals surface area contributed by atoms with Crippen molar-refractivity contribution in [2.45, 2.75) is 16.9 Å². The molecule has 1 aromatic rings. The molecule has 0 saturated carbocycles. The number of halogens is 7. The van der Waals surface area contributed by atoms with Crippen molar-refractivity contribution in [1.29, 1.82) is 0 Å². The normalized spacial score (nSPS) is 14.1. The van der Waals surface area contributed by atoms with E-state index in [0.29, 0.717) is 0 Å². The van der Waals surface area contributed by atoms with E-state index in [4.69, 9.17) is 21.1 Å². The topological polar surface area (TPSA) is 18.5 Å². The first-order chi connectivity index (χ1) is 9.06. The van der Waals surface area contributed by atoms with Crippen LogP contribution < -0.4 is 9.47 Å². The van der Waals surface area contributed by atoms with Gasteiger partial charge in [-0.1, -0.05) is 27.5 Å². The quantitative estimate of drug-likeness (QED) is 0.539. The minimum atomic E-state index is -5.71. The molecule has 0 N–H and O–H groups in total. The monoisotopic (exact) mass is 382 g/mol. The van der Waals surface area contributed by atoms with E-state index in [1.807, 2.05) is 0 Å². The Kier molecular flexibility index (Phi) is 5.13. The fourth-order valence-electron chi connectivity index (χ4n) is 1.40. The highest BCUT2D eigenvalue weighted by atomic mass is 79.9. The molecule has 0 aliphatic heterocycles. The highest BCUT2D eigenvalue weighted by molar-refractivity contribution is 9.09. The van der Waals surface area contributed by atoms with Gasteiger partial charge in [0.2, 0.25) is 0 Å². The van der Waals surface area contributed by atoms with Crippen LogP contribution in [0.3, 0.4) is 0 Å². The lowest BCUT2D eigenvalue weighted by atomic mass is 10.1. The summed E-state index contributed by atoms with van der Waals surface area (Å²) in [5.74, 6) is -4.87. The number of hydrogen-bond acceptors (Lipinski definition) is 2. The highest BCUT2D eigenvalue weighted by Gasteiger charge is 2.62. The van der Waals surface area contributed by atoms with E-state index < -0.39 is 22.5 Å². The fraction of sp³-hybridized carbons (Fsp3) is 0.455. The number of benzene rings is 1. The van der Waals surface area contributed by atoms with Crippen molar-refractivity contribution >= 4 is 27.5 Å². The van der Waals surface area contributed by atoms with Crippen LogP contribution in [-0.2, 0) is 0 Å². The van der Waals surface area contributed by atoms with Crippen molar-refractivity contribution in [1.82, 2.24) is 0 Å². The van der Waals surface area contributed by atoms with Gasteiger partial charge in [-0.3, -0.25) is 0 Å². The Morgan fingerprint density at radius 3 is 1.90 bits per heavy atom. The molecule has 0 fully saturated rings. The van der Waals surface area contributed by atoms with Crippen LogP contribution in [0.4, 0.5) is 22.0 Å². The molecule has 2 nitrogen and oxygen atoms in total. The molecule has 0 aliphatic carbocycles. The third-order valence-corrected chi connectivity index (χ3v) is 3.87. The Hall–Kier alpha value is -0.760. The number of rotatable bonds is 4. The van der Waals surface area contributed by atoms with E-state index in [2.05, 4.69) is 15.9 Å². The van der Waals surface area contributed by atoms with Crippen molar-refractivity contribution in [3.05, 3.63) is 22.7 Å². The van der Waals surface area contributed by atoms with Gasteiger partial charge in [-0.2, -0.15) is 22.0 Å². The minimum absolute atomic E-state index is 0.00526. The summed E-state index contributed by atoms with van der Waals surface area (Å²) in [5, 5.41) is -0.298. The lowest BCUT2D eigenvalue weighted by Crippen LogP contribution is -2.40. The van der Waals surface area contributed by atoms with Crippen LogP contribution in [0.15, 0.2) is 12.1 Å². The van der Waals surface area contributed by atoms with Gasteiger partial charge in [0.15, 0.2) is 11.5 Å². The average Bonchev–Trinajstić information content (AvgIpc) is 2.36. The second-order valence-corrected chi connectivity index (χ2v) is 5.03. The number of alkyl halides is 6. The van der Waals surface area contributed by atoms with Crippen LogP contribution in [-0.4, -0.2) is 26.3 Å². The van der Waals surface area contributed by atoms with Crippen molar-refractivity contribution in [3.8, 4) is 11.5 Å². The minimum Gasteiger partial charge on any atom is -0.493 e. The summed E-state index contributed by atoms with van der Waals surface area (Å²) in [6.07, 6.45) is -5.71. The highest BCUT2D eigenvalue weighted by Crippen LogP contribution is 2.51. The third-order valence-electron chi connectivity index (χ3n) is 2.47. The zero-order valence-corrected chi connectivity index (χ0v) is 12.5. The van der Waals surface area contributed by atoms with E-state index in [1.165, 1.54) is 14.2 Å². The maximum absolute atomic E-state index is 13.3. The molecule has 20 heavy (non-hydrogen) atoms. The van der Waals surface area contributed by atoms with E-state index in [0.717, 1.165) is 12.1 Å². The molecule has 9 heteroatoms. The first kappa shape index (κ1) is 17.3. The van der Waals surface area contributed by atoms with E-state index in [1.54, 1.807) is 0 Å². The van der Waals surface area contributed by atoms with E-state index in [-0.39, 0.29) is 16.5 Å². The maximum atomic E-state index is 13.3. The number of methoxy groups -OCH3 is 2. The van der Waals surface area contributed by atoms with Gasteiger partial charge in [-0.25, -0.2) is 0 Å². The van der Waals surface area contributed by atoms with Crippen LogP contribution in [0.2, 0.25) is 5.02 Å². The van der Waals surface area contributed by atoms with Crippen LogP contribution in [0.5, 0.6) is 11.5 Å². The zero-order valence-electron chi connectivity index (χ0n) is 10.2. The van der Waals surface area contributed by atoms with Crippen LogP contribution in [0.25, 0.3) is 0 Å². The summed E-state index contributed by atoms with van der Waals surface area (Å²) in [6.45, 7) is 0. The number of hydrogen-bond donors (Lipinski definition) is 0. The summed E-state index contributed by atoms with van der Waals surface area (Å²) in [7, 11) is 2.50. The predicted octanol–water partition coefficient (Wildman–Crippen LogP) is 4.99. The Morgan fingerprint density at radius 1 is 1.05 bits per heavy atom. The lowest BCUT2D eigenvalue weighted by molar-refractivity contribution is -0.281. The number of ether oxygens (including phenoxy) is 2. The van der Waals surface area contributed by atoms with Crippen LogP contribution in [0, 0.1) is 0 Å². The summed E-state index contributed by atoms with van der Waals surface area (Å²) in [4.78, 5) is -2.35. The molecule has 114 valence electrons. The first-order valence-corrected chi connectivity index (χ1v) is 6.35. The van der Waals surface area contributed by atoms with Gasteiger partial charge in [0, 0.05) is 11.1 Å². The molecule has 1 aromatic carbocycles. The molecule has 0 spiro atoms. The fourth-order valence-corrected chi connectivity index (χ4v) is 2.44. The van der Waals surface area contributed by atoms with Gasteiger partial charge in [-0.15, -0.1) is 0 Å². The molecule has 0 aromatic heterocycles. The van der Waals surface area contributed by atoms with Gasteiger partial charge in [0.05, 0.1) is 14.2 Å². The molecule has 1 unspecified atom stereocenters. The van der Waals surface area contributed by atoms with E-state index >= 15 is 0 Å². The van der Waals surface area contributed by atoms with Gasteiger partial charge >= 0.3 is 12.1 Å². The maximum Gasteiger partial charge on any atom is 0.454 e. The third kappa shape index (κ3) is 3.11. The predicted molar refractivity (Wildman–Crippen MR) is 67.2 cm³/mol. The second-order valence-electron chi connectivity index (χ2n) is 3.71. The SMILES string of the molecule is COc1cc(Cl)c(C(Br)C(F)(F)C(F)(F)F)cc1OC. The van der Waals surface area contributed by atoms with Crippen molar-refractivity contribution in [2.75, 3.05) is 14.2 Å². The molecule has 0 heterocycles. The van der Waals surface area contributed by atoms with Crippen molar-refractivity contribution in [2.24, 2.45) is 0 Å². The second kappa shape index (κ2) is 5.93. The lowest BCUT2D eigenvalue weighted by Gasteiger charge is -2.26. The Bertz CT molecular complexity index is 492. The standard InChI is InChI=1S/C11H9BrClF5O2/c1-19-7-3-5(6(13)4-8(7)20-2)9(12)10(14,15)11(16,17)18/h3-4,9H,1-2H3. The molecule has 0 radical (unpaired) electrons. The smallest absolute Gasteiger partial charge is 0.454 e. The zero-order chi connectivity index (χ0) is 15.7. The van der Waals surface area contributed by atoms with Gasteiger partial charge in [0.25, 0.3) is 0 Å². The summed E-state index contributed by atoms with van der Waals surface area (Å²) >= 11 is 8.08. The molecule has 0 bridgehead atoms. The molecular weight excluding hydrogens is 374 g/mol. The molecule has 0 amide bonds. The molecule has 0 aliphatic rings. The molecule has 1 atom stereocenters. The Balaban J connectivity index is 3.33. The van der Waals surface area contributed by atoms with Crippen LogP contribution >= 0.6 is 27.5 Å². The van der Waals surface area contributed by atoms with Crippen LogP contribution in [0.1, 0.15) is 10.4 Å². The average molecular weight is 384 g/mol.